The number of nitrogens with one attached hydrogen (secondary N) is 2. The second kappa shape index (κ2) is 6.71. The van der Waals surface area contributed by atoms with Crippen LogP contribution in [0.2, 0.25) is 0 Å². The highest BCUT2D eigenvalue weighted by Gasteiger charge is 2.13. The largest absolute Gasteiger partial charge is 0.454 e. The Morgan fingerprint density at radius 3 is 2.61 bits per heavy atom. The van der Waals surface area contributed by atoms with Gasteiger partial charge in [0.15, 0.2) is 11.5 Å². The summed E-state index contributed by atoms with van der Waals surface area (Å²) < 4.78 is 10.5. The molecule has 0 saturated heterocycles. The van der Waals surface area contributed by atoms with E-state index in [2.05, 4.69) is 10.6 Å². The molecule has 0 spiro atoms. The van der Waals surface area contributed by atoms with Gasteiger partial charge in [0.1, 0.15) is 0 Å². The van der Waals surface area contributed by atoms with Crippen LogP contribution in [-0.4, -0.2) is 19.2 Å². The Labute approximate surface area is 133 Å². The molecule has 2 aromatic rings. The third-order valence-corrected chi connectivity index (χ3v) is 3.35. The Kier molecular flexibility index (Phi) is 4.29. The number of hydrogen-bond donors (Lipinski definition) is 2. The molecule has 6 nitrogen and oxygen atoms in total. The first-order valence-electron chi connectivity index (χ1n) is 7.18. The molecule has 1 aliphatic rings. The number of benzene rings is 2. The third-order valence-electron chi connectivity index (χ3n) is 3.35. The maximum absolute atomic E-state index is 11.9. The molecule has 0 aromatic heterocycles. The van der Waals surface area contributed by atoms with Crippen LogP contribution in [0.15, 0.2) is 42.5 Å². The summed E-state index contributed by atoms with van der Waals surface area (Å²) in [5, 5.41) is 14.7. The van der Waals surface area contributed by atoms with Gasteiger partial charge in [-0.05, 0) is 36.4 Å². The molecule has 2 N–H and O–H groups in total. The van der Waals surface area contributed by atoms with Crippen LogP contribution in [-0.2, 0) is 4.79 Å². The van der Waals surface area contributed by atoms with Gasteiger partial charge in [0, 0.05) is 30.4 Å². The number of anilines is 2. The zero-order valence-electron chi connectivity index (χ0n) is 12.3. The second-order valence-corrected chi connectivity index (χ2v) is 4.98. The number of carbonyl (C=O) groups excluding carboxylic acids is 1. The second-order valence-electron chi connectivity index (χ2n) is 4.98. The number of nitriles is 1. The minimum absolute atomic E-state index is 0.0945. The fourth-order valence-electron chi connectivity index (χ4n) is 2.18. The van der Waals surface area contributed by atoms with Crippen molar-refractivity contribution in [1.82, 2.24) is 0 Å². The zero-order valence-corrected chi connectivity index (χ0v) is 12.3. The van der Waals surface area contributed by atoms with Crippen LogP contribution < -0.4 is 20.1 Å². The molecule has 1 aliphatic heterocycles. The van der Waals surface area contributed by atoms with Crippen LogP contribution in [0, 0.1) is 11.3 Å². The Morgan fingerprint density at radius 1 is 1.09 bits per heavy atom. The van der Waals surface area contributed by atoms with Crippen LogP contribution in [0.25, 0.3) is 0 Å². The molecular formula is C17H15N3O3. The number of carbonyl (C=O) groups is 1. The number of fused-ring (bicyclic) bond motifs is 1. The predicted molar refractivity (Wildman–Crippen MR) is 85.5 cm³/mol. The van der Waals surface area contributed by atoms with Crippen molar-refractivity contribution in [3.63, 3.8) is 0 Å². The monoisotopic (exact) mass is 309 g/mol. The lowest BCUT2D eigenvalue weighted by Crippen LogP contribution is -2.16. The van der Waals surface area contributed by atoms with Crippen molar-refractivity contribution in [1.29, 1.82) is 5.26 Å². The number of amides is 1. The van der Waals surface area contributed by atoms with Gasteiger partial charge in [-0.15, -0.1) is 0 Å². The highest BCUT2D eigenvalue weighted by atomic mass is 16.7. The maximum Gasteiger partial charge on any atom is 0.231 e. The van der Waals surface area contributed by atoms with E-state index < -0.39 is 0 Å². The average Bonchev–Trinajstić information content (AvgIpc) is 3.03. The average molecular weight is 309 g/mol. The summed E-state index contributed by atoms with van der Waals surface area (Å²) in [6, 6.07) is 14.4. The summed E-state index contributed by atoms with van der Waals surface area (Å²) in [4.78, 5) is 11.9. The lowest BCUT2D eigenvalue weighted by Gasteiger charge is -2.08. The van der Waals surface area contributed by atoms with Crippen LogP contribution in [0.1, 0.15) is 12.0 Å². The first-order chi connectivity index (χ1) is 11.2. The summed E-state index contributed by atoms with van der Waals surface area (Å²) in [5.74, 6) is 1.34. The van der Waals surface area contributed by atoms with Crippen molar-refractivity contribution in [3.8, 4) is 17.6 Å². The molecule has 116 valence electrons. The van der Waals surface area contributed by atoms with Gasteiger partial charge in [-0.2, -0.15) is 5.26 Å². The quantitative estimate of drug-likeness (QED) is 0.887. The molecule has 23 heavy (non-hydrogen) atoms. The van der Waals surface area contributed by atoms with E-state index in [0.29, 0.717) is 30.0 Å². The van der Waals surface area contributed by atoms with Gasteiger partial charge in [-0.1, -0.05) is 0 Å². The molecule has 3 rings (SSSR count). The van der Waals surface area contributed by atoms with Gasteiger partial charge < -0.3 is 20.1 Å². The van der Waals surface area contributed by atoms with Gasteiger partial charge in [-0.3, -0.25) is 4.79 Å². The van der Waals surface area contributed by atoms with Crippen LogP contribution >= 0.6 is 0 Å². The molecule has 1 amide bonds. The summed E-state index contributed by atoms with van der Waals surface area (Å²) in [6.07, 6.45) is 0.328. The first kappa shape index (κ1) is 14.7. The molecule has 0 fully saturated rings. The Bertz CT molecular complexity index is 751. The Balaban J connectivity index is 1.46. The standard InChI is InChI=1S/C17H15N3O3/c18-10-12-1-3-13(4-2-12)20-17(21)7-8-19-14-5-6-15-16(9-14)23-11-22-15/h1-6,9,19H,7-8,11H2,(H,20,21). The smallest absolute Gasteiger partial charge is 0.231 e. The molecule has 1 heterocycles. The number of ether oxygens (including phenoxy) is 2. The van der Waals surface area contributed by atoms with Gasteiger partial charge in [0.2, 0.25) is 12.7 Å². The van der Waals surface area contributed by atoms with E-state index in [-0.39, 0.29) is 12.7 Å². The van der Waals surface area contributed by atoms with Gasteiger partial charge in [0.25, 0.3) is 0 Å². The summed E-state index contributed by atoms with van der Waals surface area (Å²) in [7, 11) is 0. The van der Waals surface area contributed by atoms with Crippen molar-refractivity contribution >= 4 is 17.3 Å². The Hall–Kier alpha value is -3.20. The van der Waals surface area contributed by atoms with Gasteiger partial charge in [-0.25, -0.2) is 0 Å². The maximum atomic E-state index is 11.9. The van der Waals surface area contributed by atoms with Gasteiger partial charge in [0.05, 0.1) is 11.6 Å². The summed E-state index contributed by atoms with van der Waals surface area (Å²) in [6.45, 7) is 0.744. The highest BCUT2D eigenvalue weighted by Crippen LogP contribution is 2.34. The topological polar surface area (TPSA) is 83.4 Å². The third kappa shape index (κ3) is 3.71. The van der Waals surface area contributed by atoms with E-state index >= 15 is 0 Å². The number of hydrogen-bond acceptors (Lipinski definition) is 5. The van der Waals surface area contributed by atoms with E-state index in [0.717, 1.165) is 11.4 Å². The van der Waals surface area contributed by atoms with E-state index in [1.807, 2.05) is 24.3 Å². The van der Waals surface area contributed by atoms with Crippen LogP contribution in [0.5, 0.6) is 11.5 Å². The lowest BCUT2D eigenvalue weighted by molar-refractivity contribution is -0.115. The molecule has 0 bridgehead atoms. The minimum Gasteiger partial charge on any atom is -0.454 e. The van der Waals surface area contributed by atoms with E-state index in [9.17, 15) is 4.79 Å². The fourth-order valence-corrected chi connectivity index (χ4v) is 2.18. The van der Waals surface area contributed by atoms with Crippen molar-refractivity contribution < 1.29 is 14.3 Å². The van der Waals surface area contributed by atoms with E-state index in [4.69, 9.17) is 14.7 Å². The predicted octanol–water partition coefficient (Wildman–Crippen LogP) is 2.73. The molecule has 0 saturated carbocycles. The van der Waals surface area contributed by atoms with Crippen molar-refractivity contribution in [2.45, 2.75) is 6.42 Å². The first-order valence-corrected chi connectivity index (χ1v) is 7.18. The molecule has 0 radical (unpaired) electrons. The summed E-state index contributed by atoms with van der Waals surface area (Å²) in [5.41, 5.74) is 2.12. The molecular weight excluding hydrogens is 294 g/mol. The van der Waals surface area contributed by atoms with Crippen molar-refractivity contribution in [2.75, 3.05) is 24.0 Å². The van der Waals surface area contributed by atoms with Crippen LogP contribution in [0.4, 0.5) is 11.4 Å². The summed E-state index contributed by atoms with van der Waals surface area (Å²) >= 11 is 0. The molecule has 0 aliphatic carbocycles. The van der Waals surface area contributed by atoms with Crippen molar-refractivity contribution in [2.24, 2.45) is 0 Å². The number of rotatable bonds is 5. The van der Waals surface area contributed by atoms with E-state index in [1.54, 1.807) is 24.3 Å². The molecule has 6 heteroatoms. The molecule has 0 atom stereocenters. The van der Waals surface area contributed by atoms with E-state index in [1.165, 1.54) is 0 Å². The molecule has 0 unspecified atom stereocenters. The molecule has 2 aromatic carbocycles. The highest BCUT2D eigenvalue weighted by molar-refractivity contribution is 5.91. The lowest BCUT2D eigenvalue weighted by atomic mass is 10.2. The van der Waals surface area contributed by atoms with Crippen LogP contribution in [0.3, 0.4) is 0 Å². The minimum atomic E-state index is -0.0945. The van der Waals surface area contributed by atoms with Crippen molar-refractivity contribution in [3.05, 3.63) is 48.0 Å². The zero-order chi connectivity index (χ0) is 16.1. The fraction of sp³-hybridized carbons (Fsp3) is 0.176. The number of nitrogens with zero attached hydrogens (tertiary/aromatic N) is 1. The Morgan fingerprint density at radius 2 is 1.83 bits per heavy atom. The normalized spacial score (nSPS) is 11.6. The van der Waals surface area contributed by atoms with Gasteiger partial charge >= 0.3 is 0 Å². The SMILES string of the molecule is N#Cc1ccc(NC(=O)CCNc2ccc3c(c2)OCO3)cc1.